The van der Waals surface area contributed by atoms with Crippen molar-refractivity contribution in [1.82, 2.24) is 5.32 Å². The summed E-state index contributed by atoms with van der Waals surface area (Å²) in [4.78, 5) is 24.0. The molecule has 8 heteroatoms. The minimum absolute atomic E-state index is 0.311. The number of azide groups is 1. The Labute approximate surface area is 92.2 Å². The lowest BCUT2D eigenvalue weighted by Gasteiger charge is -2.20. The highest BCUT2D eigenvalue weighted by Crippen LogP contribution is 2.06. The van der Waals surface area contributed by atoms with Crippen molar-refractivity contribution < 1.29 is 19.4 Å². The van der Waals surface area contributed by atoms with E-state index in [1.165, 1.54) is 0 Å². The highest BCUT2D eigenvalue weighted by Gasteiger charge is 2.19. The summed E-state index contributed by atoms with van der Waals surface area (Å²) in [5.74, 6) is -1.31. The second-order valence-corrected chi connectivity index (χ2v) is 3.94. The summed E-state index contributed by atoms with van der Waals surface area (Å²) in [5, 5.41) is 13.8. The Kier molecular flexibility index (Phi) is 5.11. The third-order valence-electron chi connectivity index (χ3n) is 1.31. The number of aliphatic carboxylic acids is 1. The van der Waals surface area contributed by atoms with E-state index < -0.39 is 23.7 Å². The second-order valence-electron chi connectivity index (χ2n) is 3.94. The van der Waals surface area contributed by atoms with Crippen molar-refractivity contribution in [3.63, 3.8) is 0 Å². The van der Waals surface area contributed by atoms with Crippen LogP contribution in [0, 0.1) is 0 Å². The van der Waals surface area contributed by atoms with Crippen LogP contribution in [0.15, 0.2) is 5.11 Å². The summed E-state index contributed by atoms with van der Waals surface area (Å²) in [6.07, 6.45) is -0.758. The molecular formula is C8H14N4O4. The zero-order valence-electron chi connectivity index (χ0n) is 9.30. The van der Waals surface area contributed by atoms with Gasteiger partial charge in [0.2, 0.25) is 0 Å². The minimum Gasteiger partial charge on any atom is -0.481 e. The number of nitrogens with zero attached hydrogens (tertiary/aromatic N) is 3. The molecule has 0 saturated heterocycles. The zero-order valence-corrected chi connectivity index (χ0v) is 9.30. The van der Waals surface area contributed by atoms with Crippen molar-refractivity contribution in [1.29, 1.82) is 0 Å². The van der Waals surface area contributed by atoms with Crippen LogP contribution in [-0.2, 0) is 9.53 Å². The zero-order chi connectivity index (χ0) is 12.8. The summed E-state index contributed by atoms with van der Waals surface area (Å²) < 4.78 is 4.87. The fourth-order valence-corrected chi connectivity index (χ4v) is 0.734. The number of ether oxygens (including phenoxy) is 1. The molecule has 0 fully saturated rings. The van der Waals surface area contributed by atoms with Crippen LogP contribution < -0.4 is 5.32 Å². The van der Waals surface area contributed by atoms with Crippen LogP contribution in [0.2, 0.25) is 0 Å². The lowest BCUT2D eigenvalue weighted by molar-refractivity contribution is -0.138. The van der Waals surface area contributed by atoms with Crippen LogP contribution in [0.3, 0.4) is 0 Å². The van der Waals surface area contributed by atoms with Crippen molar-refractivity contribution in [3.05, 3.63) is 10.4 Å². The van der Waals surface area contributed by atoms with Gasteiger partial charge in [0.05, 0.1) is 0 Å². The number of hydrogen-bond acceptors (Lipinski definition) is 4. The van der Waals surface area contributed by atoms with Crippen LogP contribution >= 0.6 is 0 Å². The van der Waals surface area contributed by atoms with Gasteiger partial charge < -0.3 is 15.2 Å². The number of carboxylic acid groups (broad SMARTS) is 1. The molecule has 16 heavy (non-hydrogen) atoms. The van der Waals surface area contributed by atoms with Gasteiger partial charge in [-0.05, 0) is 26.3 Å². The molecule has 90 valence electrons. The Morgan fingerprint density at radius 3 is 2.50 bits per heavy atom. The van der Waals surface area contributed by atoms with Crippen LogP contribution in [0.4, 0.5) is 4.79 Å². The molecule has 0 aromatic carbocycles. The Hall–Kier alpha value is -1.95. The van der Waals surface area contributed by atoms with Crippen molar-refractivity contribution in [2.75, 3.05) is 6.54 Å². The van der Waals surface area contributed by atoms with E-state index in [4.69, 9.17) is 15.4 Å². The summed E-state index contributed by atoms with van der Waals surface area (Å²) in [5.41, 5.74) is 7.42. The number of alkyl carbamates (subject to hydrolysis) is 1. The van der Waals surface area contributed by atoms with Gasteiger partial charge >= 0.3 is 12.1 Å². The van der Waals surface area contributed by atoms with Gasteiger partial charge in [-0.3, -0.25) is 4.79 Å². The minimum atomic E-state index is -1.34. The maximum Gasteiger partial charge on any atom is 0.407 e. The third kappa shape index (κ3) is 6.50. The maximum atomic E-state index is 11.1. The number of amides is 1. The average molecular weight is 230 g/mol. The van der Waals surface area contributed by atoms with E-state index in [9.17, 15) is 9.59 Å². The second kappa shape index (κ2) is 5.82. The van der Waals surface area contributed by atoms with Gasteiger partial charge in [-0.25, -0.2) is 4.79 Å². The first-order chi connectivity index (χ1) is 7.26. The average Bonchev–Trinajstić information content (AvgIpc) is 2.08. The van der Waals surface area contributed by atoms with Gasteiger partial charge in [0.25, 0.3) is 0 Å². The normalized spacial score (nSPS) is 12.2. The first kappa shape index (κ1) is 14.1. The summed E-state index contributed by atoms with van der Waals surface area (Å²) in [6.45, 7) is 4.71. The Balaban J connectivity index is 4.17. The Bertz CT molecular complexity index is 314. The van der Waals surface area contributed by atoms with Gasteiger partial charge in [0.15, 0.2) is 6.04 Å². The lowest BCUT2D eigenvalue weighted by Crippen LogP contribution is -2.38. The number of nitrogens with one attached hydrogen (secondary N) is 1. The van der Waals surface area contributed by atoms with Crippen LogP contribution in [0.25, 0.3) is 10.4 Å². The van der Waals surface area contributed by atoms with Crippen LogP contribution in [0.1, 0.15) is 20.8 Å². The van der Waals surface area contributed by atoms with E-state index in [0.29, 0.717) is 0 Å². The summed E-state index contributed by atoms with van der Waals surface area (Å²) in [7, 11) is 0. The maximum absolute atomic E-state index is 11.1. The molecule has 1 unspecified atom stereocenters. The van der Waals surface area contributed by atoms with Gasteiger partial charge in [0.1, 0.15) is 5.60 Å². The molecule has 1 amide bonds. The van der Waals surface area contributed by atoms with Gasteiger partial charge in [-0.15, -0.1) is 0 Å². The van der Waals surface area contributed by atoms with E-state index in [0.717, 1.165) is 0 Å². The molecule has 0 spiro atoms. The number of carbonyl (C=O) groups is 2. The van der Waals surface area contributed by atoms with Gasteiger partial charge in [-0.2, -0.15) is 0 Å². The van der Waals surface area contributed by atoms with Crippen molar-refractivity contribution in [2.24, 2.45) is 5.11 Å². The smallest absolute Gasteiger partial charge is 0.407 e. The van der Waals surface area contributed by atoms with Crippen LogP contribution in [0.5, 0.6) is 0 Å². The van der Waals surface area contributed by atoms with E-state index in [2.05, 4.69) is 15.3 Å². The summed E-state index contributed by atoms with van der Waals surface area (Å²) >= 11 is 0. The molecule has 0 radical (unpaired) electrons. The SMILES string of the molecule is CC(C)(C)OC(=O)NCC(N=[N+]=[N-])C(=O)O. The van der Waals surface area contributed by atoms with Gasteiger partial charge in [0, 0.05) is 11.5 Å². The fourth-order valence-electron chi connectivity index (χ4n) is 0.734. The first-order valence-corrected chi connectivity index (χ1v) is 4.50. The highest BCUT2D eigenvalue weighted by molar-refractivity contribution is 5.75. The molecule has 2 N–H and O–H groups in total. The Morgan fingerprint density at radius 2 is 2.12 bits per heavy atom. The molecule has 0 aromatic heterocycles. The topological polar surface area (TPSA) is 124 Å². The lowest BCUT2D eigenvalue weighted by atomic mass is 10.2. The molecule has 0 heterocycles. The van der Waals surface area contributed by atoms with E-state index in [1.54, 1.807) is 20.8 Å². The molecule has 0 bridgehead atoms. The molecular weight excluding hydrogens is 216 g/mol. The molecule has 0 rings (SSSR count). The number of rotatable bonds is 4. The molecule has 0 aliphatic carbocycles. The molecule has 1 atom stereocenters. The largest absolute Gasteiger partial charge is 0.481 e. The third-order valence-corrected chi connectivity index (χ3v) is 1.31. The monoisotopic (exact) mass is 230 g/mol. The standard InChI is InChI=1S/C8H14N4O4/c1-8(2,3)16-7(15)10-4-5(6(13)14)11-12-9/h5H,4H2,1-3H3,(H,10,15)(H,13,14). The van der Waals surface area contributed by atoms with Crippen molar-refractivity contribution in [3.8, 4) is 0 Å². The fraction of sp³-hybridized carbons (Fsp3) is 0.750. The predicted molar refractivity (Wildman–Crippen MR) is 54.8 cm³/mol. The van der Waals surface area contributed by atoms with Gasteiger partial charge in [-0.1, -0.05) is 5.11 Å². The Morgan fingerprint density at radius 1 is 1.56 bits per heavy atom. The van der Waals surface area contributed by atoms with Crippen LogP contribution in [-0.4, -0.2) is 35.4 Å². The van der Waals surface area contributed by atoms with E-state index >= 15 is 0 Å². The number of hydrogen-bond donors (Lipinski definition) is 2. The number of carbonyl (C=O) groups excluding carboxylic acids is 1. The predicted octanol–water partition coefficient (Wildman–Crippen LogP) is 1.27. The molecule has 0 aliphatic heterocycles. The highest BCUT2D eigenvalue weighted by atomic mass is 16.6. The van der Waals surface area contributed by atoms with Crippen molar-refractivity contribution >= 4 is 12.1 Å². The van der Waals surface area contributed by atoms with E-state index in [-0.39, 0.29) is 6.54 Å². The first-order valence-electron chi connectivity index (χ1n) is 4.50. The molecule has 0 aromatic rings. The molecule has 0 saturated carbocycles. The quantitative estimate of drug-likeness (QED) is 0.428. The number of carboxylic acids is 1. The molecule has 8 nitrogen and oxygen atoms in total. The van der Waals surface area contributed by atoms with Crippen molar-refractivity contribution in [2.45, 2.75) is 32.4 Å². The summed E-state index contributed by atoms with van der Waals surface area (Å²) in [6, 6.07) is -1.34. The molecule has 0 aliphatic rings. The van der Waals surface area contributed by atoms with E-state index in [1.807, 2.05) is 0 Å².